The number of rotatable bonds is 4. The van der Waals surface area contributed by atoms with Crippen LogP contribution in [-0.2, 0) is 6.54 Å². The van der Waals surface area contributed by atoms with Gasteiger partial charge in [-0.05, 0) is 57.2 Å². The van der Waals surface area contributed by atoms with E-state index in [1.54, 1.807) is 0 Å². The van der Waals surface area contributed by atoms with Crippen LogP contribution >= 0.6 is 11.3 Å². The molecule has 0 aromatic carbocycles. The molecule has 1 aliphatic carbocycles. The van der Waals surface area contributed by atoms with Gasteiger partial charge in [-0.1, -0.05) is 6.42 Å². The zero-order chi connectivity index (χ0) is 12.4. The summed E-state index contributed by atoms with van der Waals surface area (Å²) in [6.07, 6.45) is 6.95. The van der Waals surface area contributed by atoms with Gasteiger partial charge in [0.25, 0.3) is 0 Å². The highest BCUT2D eigenvalue weighted by atomic mass is 32.1. The van der Waals surface area contributed by atoms with E-state index in [1.807, 2.05) is 11.3 Å². The van der Waals surface area contributed by atoms with Gasteiger partial charge in [-0.3, -0.25) is 0 Å². The van der Waals surface area contributed by atoms with Crippen molar-refractivity contribution >= 4 is 11.3 Å². The van der Waals surface area contributed by atoms with Crippen molar-refractivity contribution in [3.05, 3.63) is 21.9 Å². The van der Waals surface area contributed by atoms with Crippen LogP contribution in [0.5, 0.6) is 0 Å². The molecule has 3 unspecified atom stereocenters. The highest BCUT2D eigenvalue weighted by molar-refractivity contribution is 7.11. The number of hydrogen-bond acceptors (Lipinski definition) is 3. The minimum atomic E-state index is 0.739. The Bertz CT molecular complexity index is 382. The fraction of sp³-hybridized carbons (Fsp3) is 0.733. The molecule has 3 atom stereocenters. The summed E-state index contributed by atoms with van der Waals surface area (Å²) >= 11 is 1.93. The molecule has 0 amide bonds. The van der Waals surface area contributed by atoms with E-state index < -0.39 is 0 Å². The topological polar surface area (TPSA) is 24.1 Å². The number of hydrogen-bond donors (Lipinski definition) is 2. The molecule has 1 saturated carbocycles. The monoisotopic (exact) mass is 264 g/mol. The summed E-state index contributed by atoms with van der Waals surface area (Å²) in [5, 5.41) is 7.50. The molecule has 1 aliphatic heterocycles. The molecule has 1 aromatic heterocycles. The molecule has 3 rings (SSSR count). The van der Waals surface area contributed by atoms with Gasteiger partial charge in [0.2, 0.25) is 0 Å². The molecule has 18 heavy (non-hydrogen) atoms. The summed E-state index contributed by atoms with van der Waals surface area (Å²) in [4.78, 5) is 2.91. The van der Waals surface area contributed by atoms with Crippen molar-refractivity contribution in [2.75, 3.05) is 6.54 Å². The molecule has 0 bridgehead atoms. The zero-order valence-corrected chi connectivity index (χ0v) is 12.1. The molecule has 2 fully saturated rings. The van der Waals surface area contributed by atoms with E-state index in [4.69, 9.17) is 0 Å². The molecule has 100 valence electrons. The van der Waals surface area contributed by atoms with E-state index in [0.29, 0.717) is 0 Å². The van der Waals surface area contributed by atoms with Crippen molar-refractivity contribution in [2.45, 2.75) is 57.7 Å². The summed E-state index contributed by atoms with van der Waals surface area (Å²) < 4.78 is 0. The molecule has 2 nitrogen and oxygen atoms in total. The average Bonchev–Trinajstić information content (AvgIpc) is 3.07. The summed E-state index contributed by atoms with van der Waals surface area (Å²) in [6, 6.07) is 6.02. The quantitative estimate of drug-likeness (QED) is 0.873. The molecule has 2 N–H and O–H groups in total. The van der Waals surface area contributed by atoms with Crippen molar-refractivity contribution in [1.29, 1.82) is 0 Å². The van der Waals surface area contributed by atoms with Crippen molar-refractivity contribution in [2.24, 2.45) is 5.92 Å². The first-order chi connectivity index (χ1) is 8.83. The third-order valence-electron chi connectivity index (χ3n) is 4.52. The molecule has 0 radical (unpaired) electrons. The van der Waals surface area contributed by atoms with Gasteiger partial charge in [0, 0.05) is 28.4 Å². The molecular weight excluding hydrogens is 240 g/mol. The van der Waals surface area contributed by atoms with Crippen molar-refractivity contribution in [3.8, 4) is 0 Å². The van der Waals surface area contributed by atoms with Crippen LogP contribution in [0.4, 0.5) is 0 Å². The van der Waals surface area contributed by atoms with Crippen LogP contribution in [0.2, 0.25) is 0 Å². The van der Waals surface area contributed by atoms with Crippen molar-refractivity contribution in [3.63, 3.8) is 0 Å². The van der Waals surface area contributed by atoms with Gasteiger partial charge < -0.3 is 10.6 Å². The Hall–Kier alpha value is -0.380. The maximum atomic E-state index is 3.81. The molecule has 1 aromatic rings. The highest BCUT2D eigenvalue weighted by Gasteiger charge is 2.34. The second-order valence-electron chi connectivity index (χ2n) is 5.80. The maximum absolute atomic E-state index is 3.81. The molecular formula is C15H24N2S. The normalized spacial score (nSPS) is 32.2. The lowest BCUT2D eigenvalue weighted by atomic mass is 9.93. The number of thiophene rings is 1. The van der Waals surface area contributed by atoms with E-state index in [0.717, 1.165) is 24.5 Å². The van der Waals surface area contributed by atoms with Crippen molar-refractivity contribution in [1.82, 2.24) is 10.6 Å². The zero-order valence-electron chi connectivity index (χ0n) is 11.2. The standard InChI is InChI=1S/C15H24N2S/c1-11-7-8-12(18-11)10-17-15-5-2-4-13(15)14-6-3-9-16-14/h7-8,13-17H,2-6,9-10H2,1H3. The fourth-order valence-corrected chi connectivity index (χ4v) is 4.45. The number of nitrogens with one attached hydrogen (secondary N) is 2. The second-order valence-corrected chi connectivity index (χ2v) is 7.17. The maximum Gasteiger partial charge on any atom is 0.0302 e. The Morgan fingerprint density at radius 1 is 1.28 bits per heavy atom. The van der Waals surface area contributed by atoms with Gasteiger partial charge in [0.05, 0.1) is 0 Å². The van der Waals surface area contributed by atoms with Crippen molar-refractivity contribution < 1.29 is 0 Å². The SMILES string of the molecule is Cc1ccc(CNC2CCCC2C2CCCN2)s1. The summed E-state index contributed by atoms with van der Waals surface area (Å²) in [7, 11) is 0. The molecule has 1 saturated heterocycles. The lowest BCUT2D eigenvalue weighted by molar-refractivity contribution is 0.320. The third kappa shape index (κ3) is 2.79. The molecule has 2 aliphatic rings. The van der Waals surface area contributed by atoms with Gasteiger partial charge in [-0.25, -0.2) is 0 Å². The van der Waals surface area contributed by atoms with Crippen LogP contribution in [0.3, 0.4) is 0 Å². The Kier molecular flexibility index (Phi) is 4.02. The van der Waals surface area contributed by atoms with Gasteiger partial charge in [0.15, 0.2) is 0 Å². The number of aryl methyl sites for hydroxylation is 1. The lowest BCUT2D eigenvalue weighted by Crippen LogP contribution is -2.41. The lowest BCUT2D eigenvalue weighted by Gasteiger charge is -2.26. The Labute approximate surface area is 114 Å². The fourth-order valence-electron chi connectivity index (χ4n) is 3.61. The van der Waals surface area contributed by atoms with E-state index in [9.17, 15) is 0 Å². The van der Waals surface area contributed by atoms with Crippen LogP contribution in [0.1, 0.15) is 41.9 Å². The van der Waals surface area contributed by atoms with Gasteiger partial charge in [0.1, 0.15) is 0 Å². The van der Waals surface area contributed by atoms with Crippen LogP contribution < -0.4 is 10.6 Å². The summed E-state index contributed by atoms with van der Waals surface area (Å²) in [5.74, 6) is 0.869. The van der Waals surface area contributed by atoms with E-state index in [-0.39, 0.29) is 0 Å². The third-order valence-corrected chi connectivity index (χ3v) is 5.52. The Morgan fingerprint density at radius 3 is 2.94 bits per heavy atom. The molecule has 3 heteroatoms. The van der Waals surface area contributed by atoms with Gasteiger partial charge in [-0.2, -0.15) is 0 Å². The van der Waals surface area contributed by atoms with Gasteiger partial charge in [-0.15, -0.1) is 11.3 Å². The van der Waals surface area contributed by atoms with E-state index in [1.165, 1.54) is 48.4 Å². The largest absolute Gasteiger partial charge is 0.314 e. The first kappa shape index (κ1) is 12.6. The van der Waals surface area contributed by atoms with Crippen LogP contribution in [0, 0.1) is 12.8 Å². The predicted molar refractivity (Wildman–Crippen MR) is 78.0 cm³/mol. The first-order valence-electron chi connectivity index (χ1n) is 7.35. The Balaban J connectivity index is 1.54. The van der Waals surface area contributed by atoms with Crippen LogP contribution in [0.15, 0.2) is 12.1 Å². The predicted octanol–water partition coefficient (Wildman–Crippen LogP) is 3.07. The van der Waals surface area contributed by atoms with Crippen LogP contribution in [-0.4, -0.2) is 18.6 Å². The minimum Gasteiger partial charge on any atom is -0.314 e. The smallest absolute Gasteiger partial charge is 0.0302 e. The van der Waals surface area contributed by atoms with Crippen LogP contribution in [0.25, 0.3) is 0 Å². The Morgan fingerprint density at radius 2 is 2.22 bits per heavy atom. The van der Waals surface area contributed by atoms with E-state index in [2.05, 4.69) is 29.7 Å². The van der Waals surface area contributed by atoms with E-state index >= 15 is 0 Å². The summed E-state index contributed by atoms with van der Waals surface area (Å²) in [6.45, 7) is 4.49. The molecule has 2 heterocycles. The summed E-state index contributed by atoms with van der Waals surface area (Å²) in [5.41, 5.74) is 0. The highest BCUT2D eigenvalue weighted by Crippen LogP contribution is 2.32. The second kappa shape index (κ2) is 5.72. The minimum absolute atomic E-state index is 0.739. The average molecular weight is 264 g/mol. The first-order valence-corrected chi connectivity index (χ1v) is 8.16. The molecule has 0 spiro atoms. The van der Waals surface area contributed by atoms with Gasteiger partial charge >= 0.3 is 0 Å².